The molecule has 1 aliphatic heterocycles. The van der Waals surface area contributed by atoms with Crippen LogP contribution in [0.25, 0.3) is 0 Å². The standard InChI is InChI=1S/C13H17F3N2O/c1-12(5-2-6-19-12)8-18-9-3-4-11(17)10(7-9)13(14,15)16/h3-4,7,18H,2,5-6,8,17H2,1H3. The van der Waals surface area contributed by atoms with Gasteiger partial charge in [-0.25, -0.2) is 0 Å². The third-order valence-corrected chi connectivity index (χ3v) is 3.33. The molecule has 3 N–H and O–H groups in total. The molecule has 106 valence electrons. The highest BCUT2D eigenvalue weighted by molar-refractivity contribution is 5.58. The molecule has 1 unspecified atom stereocenters. The van der Waals surface area contributed by atoms with Crippen LogP contribution < -0.4 is 11.1 Å². The molecule has 1 fully saturated rings. The number of benzene rings is 1. The normalized spacial score (nSPS) is 23.6. The summed E-state index contributed by atoms with van der Waals surface area (Å²) in [4.78, 5) is 0. The van der Waals surface area contributed by atoms with Crippen LogP contribution in [-0.4, -0.2) is 18.8 Å². The summed E-state index contributed by atoms with van der Waals surface area (Å²) in [6, 6.07) is 3.85. The number of nitrogens with one attached hydrogen (secondary N) is 1. The maximum atomic E-state index is 12.7. The second-order valence-corrected chi connectivity index (χ2v) is 5.06. The highest BCUT2D eigenvalue weighted by Gasteiger charge is 2.33. The van der Waals surface area contributed by atoms with Gasteiger partial charge in [0.15, 0.2) is 0 Å². The van der Waals surface area contributed by atoms with Gasteiger partial charge < -0.3 is 15.8 Å². The van der Waals surface area contributed by atoms with Crippen LogP contribution in [0.4, 0.5) is 24.5 Å². The molecule has 0 amide bonds. The zero-order valence-corrected chi connectivity index (χ0v) is 10.7. The lowest BCUT2D eigenvalue weighted by atomic mass is 10.0. The fourth-order valence-corrected chi connectivity index (χ4v) is 2.18. The number of nitrogens with two attached hydrogens (primary N) is 1. The van der Waals surface area contributed by atoms with Crippen molar-refractivity contribution in [3.8, 4) is 0 Å². The van der Waals surface area contributed by atoms with Gasteiger partial charge >= 0.3 is 6.18 Å². The molecule has 3 nitrogen and oxygen atoms in total. The molecule has 0 aromatic heterocycles. The van der Waals surface area contributed by atoms with Gasteiger partial charge in [0.25, 0.3) is 0 Å². The Morgan fingerprint density at radius 1 is 1.42 bits per heavy atom. The molecule has 0 bridgehead atoms. The van der Waals surface area contributed by atoms with Crippen molar-refractivity contribution in [2.24, 2.45) is 0 Å². The van der Waals surface area contributed by atoms with Gasteiger partial charge in [-0.2, -0.15) is 13.2 Å². The number of anilines is 2. The highest BCUT2D eigenvalue weighted by atomic mass is 19.4. The molecule has 1 aliphatic rings. The van der Waals surface area contributed by atoms with Gasteiger partial charge in [0, 0.05) is 24.5 Å². The van der Waals surface area contributed by atoms with Gasteiger partial charge in [0.05, 0.1) is 11.2 Å². The van der Waals surface area contributed by atoms with E-state index in [1.54, 1.807) is 6.07 Å². The van der Waals surface area contributed by atoms with Crippen molar-refractivity contribution in [3.63, 3.8) is 0 Å². The van der Waals surface area contributed by atoms with Crippen molar-refractivity contribution in [1.29, 1.82) is 0 Å². The molecule has 1 atom stereocenters. The van der Waals surface area contributed by atoms with Crippen molar-refractivity contribution >= 4 is 11.4 Å². The number of rotatable bonds is 3. The van der Waals surface area contributed by atoms with E-state index in [-0.39, 0.29) is 11.3 Å². The van der Waals surface area contributed by atoms with E-state index in [4.69, 9.17) is 10.5 Å². The summed E-state index contributed by atoms with van der Waals surface area (Å²) in [5.41, 5.74) is 4.37. The quantitative estimate of drug-likeness (QED) is 0.832. The van der Waals surface area contributed by atoms with Crippen molar-refractivity contribution in [3.05, 3.63) is 23.8 Å². The number of hydrogen-bond acceptors (Lipinski definition) is 3. The largest absolute Gasteiger partial charge is 0.418 e. The van der Waals surface area contributed by atoms with Crippen molar-refractivity contribution in [2.75, 3.05) is 24.2 Å². The minimum absolute atomic E-state index is 0.263. The molecular weight excluding hydrogens is 257 g/mol. The Morgan fingerprint density at radius 3 is 2.74 bits per heavy atom. The van der Waals surface area contributed by atoms with Gasteiger partial charge in [-0.15, -0.1) is 0 Å². The van der Waals surface area contributed by atoms with E-state index < -0.39 is 11.7 Å². The molecule has 6 heteroatoms. The summed E-state index contributed by atoms with van der Waals surface area (Å²) in [5, 5.41) is 2.99. The van der Waals surface area contributed by atoms with Gasteiger partial charge in [-0.3, -0.25) is 0 Å². The van der Waals surface area contributed by atoms with Crippen molar-refractivity contribution in [1.82, 2.24) is 0 Å². The van der Waals surface area contributed by atoms with Crippen LogP contribution in [0.2, 0.25) is 0 Å². The number of ether oxygens (including phenoxy) is 1. The van der Waals surface area contributed by atoms with Gasteiger partial charge in [-0.1, -0.05) is 0 Å². The Morgan fingerprint density at radius 2 is 2.16 bits per heavy atom. The van der Waals surface area contributed by atoms with Gasteiger partial charge in [0.2, 0.25) is 0 Å². The molecule has 1 aromatic rings. The summed E-state index contributed by atoms with van der Waals surface area (Å²) in [5.74, 6) is 0. The Labute approximate surface area is 109 Å². The highest BCUT2D eigenvalue weighted by Crippen LogP contribution is 2.35. The summed E-state index contributed by atoms with van der Waals surface area (Å²) < 4.78 is 43.7. The lowest BCUT2D eigenvalue weighted by Gasteiger charge is -2.24. The molecule has 0 saturated carbocycles. The maximum absolute atomic E-state index is 12.7. The van der Waals surface area contributed by atoms with Crippen LogP contribution in [-0.2, 0) is 10.9 Å². The fraction of sp³-hybridized carbons (Fsp3) is 0.538. The Kier molecular flexibility index (Phi) is 3.62. The van der Waals surface area contributed by atoms with E-state index in [0.717, 1.165) is 18.9 Å². The molecular formula is C13H17F3N2O. The minimum Gasteiger partial charge on any atom is -0.398 e. The molecule has 1 aromatic carbocycles. The molecule has 1 heterocycles. The van der Waals surface area contributed by atoms with Crippen LogP contribution in [0, 0.1) is 0 Å². The monoisotopic (exact) mass is 274 g/mol. The molecule has 19 heavy (non-hydrogen) atoms. The zero-order chi connectivity index (χ0) is 14.1. The van der Waals surface area contributed by atoms with Crippen LogP contribution in [0.15, 0.2) is 18.2 Å². The molecule has 0 spiro atoms. The van der Waals surface area contributed by atoms with Crippen LogP contribution in [0.5, 0.6) is 0 Å². The number of alkyl halides is 3. The predicted octanol–water partition coefficient (Wildman–Crippen LogP) is 3.27. The summed E-state index contributed by atoms with van der Waals surface area (Å²) in [7, 11) is 0. The Balaban J connectivity index is 2.09. The first-order valence-electron chi connectivity index (χ1n) is 6.15. The Hall–Kier alpha value is -1.43. The second-order valence-electron chi connectivity index (χ2n) is 5.06. The van der Waals surface area contributed by atoms with Crippen molar-refractivity contribution in [2.45, 2.75) is 31.5 Å². The Bertz CT molecular complexity index is 454. The third-order valence-electron chi connectivity index (χ3n) is 3.33. The summed E-state index contributed by atoms with van der Waals surface area (Å²) >= 11 is 0. The number of hydrogen-bond donors (Lipinski definition) is 2. The molecule has 1 saturated heterocycles. The first kappa shape index (κ1) is 14.0. The summed E-state index contributed by atoms with van der Waals surface area (Å²) in [6.07, 6.45) is -2.55. The number of halogens is 3. The van der Waals surface area contributed by atoms with Crippen LogP contribution in [0.3, 0.4) is 0 Å². The van der Waals surface area contributed by atoms with E-state index in [1.807, 2.05) is 6.92 Å². The van der Waals surface area contributed by atoms with E-state index in [2.05, 4.69) is 5.32 Å². The first-order chi connectivity index (χ1) is 8.80. The van der Waals surface area contributed by atoms with Gasteiger partial charge in [-0.05, 0) is 38.0 Å². The maximum Gasteiger partial charge on any atom is 0.418 e. The average molecular weight is 274 g/mol. The van der Waals surface area contributed by atoms with Crippen molar-refractivity contribution < 1.29 is 17.9 Å². The van der Waals surface area contributed by atoms with E-state index >= 15 is 0 Å². The van der Waals surface area contributed by atoms with Gasteiger partial charge in [0.1, 0.15) is 0 Å². The van der Waals surface area contributed by atoms with Crippen LogP contribution in [0.1, 0.15) is 25.3 Å². The first-order valence-corrected chi connectivity index (χ1v) is 6.15. The SMILES string of the molecule is CC1(CNc2ccc(N)c(C(F)(F)F)c2)CCCO1. The minimum atomic E-state index is -4.43. The topological polar surface area (TPSA) is 47.3 Å². The number of nitrogen functional groups attached to an aromatic ring is 1. The third kappa shape index (κ3) is 3.32. The smallest absolute Gasteiger partial charge is 0.398 e. The molecule has 2 rings (SSSR count). The summed E-state index contributed by atoms with van der Waals surface area (Å²) in [6.45, 7) is 3.14. The molecule has 0 radical (unpaired) electrons. The van der Waals surface area contributed by atoms with E-state index in [1.165, 1.54) is 6.07 Å². The predicted molar refractivity (Wildman–Crippen MR) is 67.9 cm³/mol. The van der Waals surface area contributed by atoms with E-state index in [0.29, 0.717) is 18.8 Å². The lowest BCUT2D eigenvalue weighted by molar-refractivity contribution is -0.136. The fourth-order valence-electron chi connectivity index (χ4n) is 2.18. The van der Waals surface area contributed by atoms with E-state index in [9.17, 15) is 13.2 Å². The zero-order valence-electron chi connectivity index (χ0n) is 10.7. The average Bonchev–Trinajstić information content (AvgIpc) is 2.74. The van der Waals surface area contributed by atoms with Crippen LogP contribution >= 0.6 is 0 Å². The lowest BCUT2D eigenvalue weighted by Crippen LogP contribution is -2.32. The second kappa shape index (κ2) is 4.92. The molecule has 0 aliphatic carbocycles.